The van der Waals surface area contributed by atoms with Gasteiger partial charge in [-0.3, -0.25) is 0 Å². The van der Waals surface area contributed by atoms with Gasteiger partial charge in [0.1, 0.15) is 0 Å². The molecule has 2 bridgehead atoms. The highest BCUT2D eigenvalue weighted by Crippen LogP contribution is 2.42. The molecule has 0 amide bonds. The molecule has 4 nitrogen and oxygen atoms in total. The highest BCUT2D eigenvalue weighted by atomic mass is 32.2. The standard InChI is InChI=1S/C8H15NO3S/c9-13(10,11)6-8-3-1-2-7(4-8)5-12-8/h7H,1-6H2,(H2,9,10,11). The summed E-state index contributed by atoms with van der Waals surface area (Å²) in [6.45, 7) is 0.718. The summed E-state index contributed by atoms with van der Waals surface area (Å²) in [5.41, 5.74) is -0.434. The summed E-state index contributed by atoms with van der Waals surface area (Å²) in [4.78, 5) is 0. The number of sulfonamides is 1. The smallest absolute Gasteiger partial charge is 0.211 e. The first-order valence-electron chi connectivity index (χ1n) is 4.64. The third kappa shape index (κ3) is 2.03. The molecule has 0 aromatic rings. The molecule has 13 heavy (non-hydrogen) atoms. The van der Waals surface area contributed by atoms with Gasteiger partial charge >= 0.3 is 0 Å². The number of ether oxygens (including phenoxy) is 1. The van der Waals surface area contributed by atoms with Gasteiger partial charge in [0.25, 0.3) is 0 Å². The molecule has 76 valence electrons. The molecule has 2 fully saturated rings. The predicted molar refractivity (Wildman–Crippen MR) is 48.6 cm³/mol. The van der Waals surface area contributed by atoms with Crippen molar-refractivity contribution >= 4 is 10.0 Å². The van der Waals surface area contributed by atoms with E-state index in [0.717, 1.165) is 25.9 Å². The van der Waals surface area contributed by atoms with E-state index < -0.39 is 15.6 Å². The Bertz CT molecular complexity index is 297. The van der Waals surface area contributed by atoms with Crippen LogP contribution < -0.4 is 5.14 Å². The molecule has 2 N–H and O–H groups in total. The molecule has 0 aromatic carbocycles. The molecule has 0 spiro atoms. The SMILES string of the molecule is NS(=O)(=O)CC12CCCC(CO1)C2. The van der Waals surface area contributed by atoms with Crippen LogP contribution in [0.4, 0.5) is 0 Å². The first kappa shape index (κ1) is 9.43. The Hall–Kier alpha value is -0.130. The molecule has 1 saturated heterocycles. The van der Waals surface area contributed by atoms with Crippen molar-refractivity contribution in [2.75, 3.05) is 12.4 Å². The van der Waals surface area contributed by atoms with E-state index in [2.05, 4.69) is 0 Å². The monoisotopic (exact) mass is 205 g/mol. The number of hydrogen-bond donors (Lipinski definition) is 1. The van der Waals surface area contributed by atoms with E-state index in [1.54, 1.807) is 0 Å². The van der Waals surface area contributed by atoms with Gasteiger partial charge < -0.3 is 4.74 Å². The van der Waals surface area contributed by atoms with Crippen molar-refractivity contribution in [2.24, 2.45) is 11.1 Å². The van der Waals surface area contributed by atoms with E-state index in [-0.39, 0.29) is 5.75 Å². The van der Waals surface area contributed by atoms with Crippen molar-refractivity contribution in [3.63, 3.8) is 0 Å². The van der Waals surface area contributed by atoms with Crippen LogP contribution in [0.15, 0.2) is 0 Å². The topological polar surface area (TPSA) is 69.4 Å². The molecule has 2 atom stereocenters. The van der Waals surface area contributed by atoms with Crippen LogP contribution in [-0.2, 0) is 14.8 Å². The lowest BCUT2D eigenvalue weighted by Gasteiger charge is -2.30. The number of nitrogens with two attached hydrogens (primary N) is 1. The summed E-state index contributed by atoms with van der Waals surface area (Å²) in [5.74, 6) is 0.562. The van der Waals surface area contributed by atoms with Crippen LogP contribution >= 0.6 is 0 Å². The molecule has 0 radical (unpaired) electrons. The van der Waals surface area contributed by atoms with Gasteiger partial charge in [-0.05, 0) is 25.2 Å². The highest BCUT2D eigenvalue weighted by molar-refractivity contribution is 7.89. The van der Waals surface area contributed by atoms with Crippen LogP contribution in [0.25, 0.3) is 0 Å². The molecule has 2 aliphatic rings. The Morgan fingerprint density at radius 3 is 3.00 bits per heavy atom. The molecule has 1 aliphatic heterocycles. The van der Waals surface area contributed by atoms with Crippen LogP contribution in [0.5, 0.6) is 0 Å². The molecule has 1 heterocycles. The van der Waals surface area contributed by atoms with Crippen molar-refractivity contribution in [2.45, 2.75) is 31.3 Å². The maximum atomic E-state index is 11.0. The molecule has 2 unspecified atom stereocenters. The maximum absolute atomic E-state index is 11.0. The quantitative estimate of drug-likeness (QED) is 0.701. The second kappa shape index (κ2) is 2.93. The summed E-state index contributed by atoms with van der Waals surface area (Å²) >= 11 is 0. The second-order valence-corrected chi connectivity index (χ2v) is 5.88. The highest BCUT2D eigenvalue weighted by Gasteiger charge is 2.45. The predicted octanol–water partition coefficient (Wildman–Crippen LogP) is 0.234. The van der Waals surface area contributed by atoms with Crippen molar-refractivity contribution in [1.29, 1.82) is 0 Å². The zero-order chi connectivity index (χ0) is 9.53. The maximum Gasteiger partial charge on any atom is 0.211 e. The molecule has 5 heteroatoms. The molecule has 1 aliphatic carbocycles. The van der Waals surface area contributed by atoms with Crippen LogP contribution in [0.2, 0.25) is 0 Å². The minimum absolute atomic E-state index is 0.00347. The van der Waals surface area contributed by atoms with Crippen LogP contribution in [0.1, 0.15) is 25.7 Å². The summed E-state index contributed by atoms with van der Waals surface area (Å²) in [5, 5.41) is 5.04. The van der Waals surface area contributed by atoms with Crippen molar-refractivity contribution in [1.82, 2.24) is 0 Å². The molecular formula is C8H15NO3S. The summed E-state index contributed by atoms with van der Waals surface area (Å²) < 4.78 is 27.5. The zero-order valence-corrected chi connectivity index (χ0v) is 8.35. The van der Waals surface area contributed by atoms with Gasteiger partial charge in [-0.25, -0.2) is 13.6 Å². The third-order valence-corrected chi connectivity index (χ3v) is 3.92. The summed E-state index contributed by atoms with van der Waals surface area (Å²) in [6, 6.07) is 0. The summed E-state index contributed by atoms with van der Waals surface area (Å²) in [6.07, 6.45) is 3.97. The van der Waals surface area contributed by atoms with Crippen LogP contribution in [0, 0.1) is 5.92 Å². The number of primary sulfonamides is 1. The number of rotatable bonds is 2. The minimum atomic E-state index is -3.39. The van der Waals surface area contributed by atoms with Crippen molar-refractivity contribution in [3.8, 4) is 0 Å². The normalized spacial score (nSPS) is 39.3. The molecule has 1 saturated carbocycles. The molecule has 2 rings (SSSR count). The van der Waals surface area contributed by atoms with E-state index in [1.807, 2.05) is 0 Å². The van der Waals surface area contributed by atoms with Gasteiger partial charge in [-0.1, -0.05) is 6.42 Å². The van der Waals surface area contributed by atoms with E-state index in [9.17, 15) is 8.42 Å². The third-order valence-electron chi connectivity index (χ3n) is 2.99. The Morgan fingerprint density at radius 2 is 2.31 bits per heavy atom. The Kier molecular flexibility index (Phi) is 2.13. The molecular weight excluding hydrogens is 190 g/mol. The lowest BCUT2D eigenvalue weighted by Crippen LogP contribution is -2.40. The first-order chi connectivity index (χ1) is 5.99. The van der Waals surface area contributed by atoms with Gasteiger partial charge in [0.05, 0.1) is 18.0 Å². The van der Waals surface area contributed by atoms with Gasteiger partial charge in [-0.15, -0.1) is 0 Å². The van der Waals surface area contributed by atoms with E-state index in [1.165, 1.54) is 6.42 Å². The van der Waals surface area contributed by atoms with E-state index in [4.69, 9.17) is 9.88 Å². The largest absolute Gasteiger partial charge is 0.374 e. The first-order valence-corrected chi connectivity index (χ1v) is 6.35. The van der Waals surface area contributed by atoms with Gasteiger partial charge in [0, 0.05) is 0 Å². The second-order valence-electron chi connectivity index (χ2n) is 4.26. The zero-order valence-electron chi connectivity index (χ0n) is 7.53. The Balaban J connectivity index is 2.12. The lowest BCUT2D eigenvalue weighted by molar-refractivity contribution is 0.0177. The average molecular weight is 205 g/mol. The van der Waals surface area contributed by atoms with Crippen LogP contribution in [-0.4, -0.2) is 26.4 Å². The van der Waals surface area contributed by atoms with E-state index in [0.29, 0.717) is 5.92 Å². The van der Waals surface area contributed by atoms with E-state index >= 15 is 0 Å². The van der Waals surface area contributed by atoms with Gasteiger partial charge in [-0.2, -0.15) is 0 Å². The van der Waals surface area contributed by atoms with Crippen molar-refractivity contribution in [3.05, 3.63) is 0 Å². The lowest BCUT2D eigenvalue weighted by atomic mass is 9.82. The Labute approximate surface area is 78.5 Å². The van der Waals surface area contributed by atoms with Crippen molar-refractivity contribution < 1.29 is 13.2 Å². The fraction of sp³-hybridized carbons (Fsp3) is 1.00. The molecule has 0 aromatic heterocycles. The number of fused-ring (bicyclic) bond motifs is 2. The van der Waals surface area contributed by atoms with Crippen LogP contribution in [0.3, 0.4) is 0 Å². The minimum Gasteiger partial charge on any atom is -0.374 e. The average Bonchev–Trinajstić information content (AvgIpc) is 2.23. The van der Waals surface area contributed by atoms with Gasteiger partial charge in [0.2, 0.25) is 10.0 Å². The Morgan fingerprint density at radius 1 is 1.54 bits per heavy atom. The van der Waals surface area contributed by atoms with Gasteiger partial charge in [0.15, 0.2) is 0 Å². The fourth-order valence-corrected chi connectivity index (χ4v) is 3.63. The number of hydrogen-bond acceptors (Lipinski definition) is 3. The summed E-state index contributed by atoms with van der Waals surface area (Å²) in [7, 11) is -3.39. The fourth-order valence-electron chi connectivity index (χ4n) is 2.55.